The molecular formula is C19H15FN2O4S. The Morgan fingerprint density at radius 2 is 2.00 bits per heavy atom. The molecule has 4 rings (SSSR count). The summed E-state index contributed by atoms with van der Waals surface area (Å²) in [6.07, 6.45) is 0. The molecule has 0 saturated carbocycles. The molecule has 1 aliphatic rings. The lowest BCUT2D eigenvalue weighted by molar-refractivity contribution is 0.102. The molecule has 3 aromatic rings. The van der Waals surface area contributed by atoms with Gasteiger partial charge in [0, 0.05) is 10.9 Å². The average molecular weight is 386 g/mol. The third-order valence-corrected chi connectivity index (χ3v) is 4.73. The van der Waals surface area contributed by atoms with Gasteiger partial charge in [-0.25, -0.2) is 9.37 Å². The van der Waals surface area contributed by atoms with Crippen molar-refractivity contribution in [2.75, 3.05) is 25.6 Å². The lowest BCUT2D eigenvalue weighted by atomic mass is 10.1. The van der Waals surface area contributed by atoms with Gasteiger partial charge in [-0.2, -0.15) is 0 Å². The van der Waals surface area contributed by atoms with Gasteiger partial charge in [0.2, 0.25) is 0 Å². The van der Waals surface area contributed by atoms with E-state index in [1.54, 1.807) is 0 Å². The van der Waals surface area contributed by atoms with Crippen molar-refractivity contribution in [3.63, 3.8) is 0 Å². The summed E-state index contributed by atoms with van der Waals surface area (Å²) in [5.41, 5.74) is 1.64. The molecule has 6 nitrogen and oxygen atoms in total. The number of ether oxygens (including phenoxy) is 3. The van der Waals surface area contributed by atoms with Crippen LogP contribution in [0.5, 0.6) is 17.2 Å². The van der Waals surface area contributed by atoms with Crippen molar-refractivity contribution < 1.29 is 23.4 Å². The second kappa shape index (κ2) is 7.24. The van der Waals surface area contributed by atoms with E-state index in [1.165, 1.54) is 30.6 Å². The number of rotatable bonds is 4. The molecule has 0 spiro atoms. The molecule has 1 amide bonds. The number of hydrogen-bond donors (Lipinski definition) is 1. The minimum atomic E-state index is -0.517. The van der Waals surface area contributed by atoms with Crippen LogP contribution in [0, 0.1) is 5.82 Å². The highest BCUT2D eigenvalue weighted by molar-refractivity contribution is 7.14. The Hall–Kier alpha value is -3.13. The first-order chi connectivity index (χ1) is 13.1. The number of aromatic nitrogens is 1. The molecule has 1 N–H and O–H groups in total. The van der Waals surface area contributed by atoms with Crippen molar-refractivity contribution in [3.05, 3.63) is 53.2 Å². The number of amides is 1. The second-order valence-corrected chi connectivity index (χ2v) is 6.55. The normalized spacial score (nSPS) is 12.5. The predicted molar refractivity (Wildman–Crippen MR) is 99.4 cm³/mol. The minimum Gasteiger partial charge on any atom is -0.496 e. The van der Waals surface area contributed by atoms with E-state index in [2.05, 4.69) is 10.3 Å². The van der Waals surface area contributed by atoms with E-state index in [0.29, 0.717) is 35.5 Å². The van der Waals surface area contributed by atoms with Crippen molar-refractivity contribution in [3.8, 4) is 28.5 Å². The summed E-state index contributed by atoms with van der Waals surface area (Å²) >= 11 is 1.27. The zero-order valence-electron chi connectivity index (χ0n) is 14.3. The maximum atomic E-state index is 13.5. The van der Waals surface area contributed by atoms with Crippen LogP contribution in [-0.4, -0.2) is 31.2 Å². The first-order valence-electron chi connectivity index (χ1n) is 8.14. The fourth-order valence-corrected chi connectivity index (χ4v) is 3.40. The Bertz CT molecular complexity index is 1010. The number of nitrogens with one attached hydrogen (secondary N) is 1. The summed E-state index contributed by atoms with van der Waals surface area (Å²) in [7, 11) is 1.42. The topological polar surface area (TPSA) is 69.7 Å². The summed E-state index contributed by atoms with van der Waals surface area (Å²) < 4.78 is 29.7. The van der Waals surface area contributed by atoms with Crippen molar-refractivity contribution in [2.45, 2.75) is 0 Å². The maximum absolute atomic E-state index is 13.5. The molecule has 0 fully saturated rings. The molecule has 138 valence electrons. The standard InChI is InChI=1S/C19H15FN2O4S/c1-24-15-5-3-12(20)9-13(15)18(23)22-19-21-14(10-27-19)11-2-4-16-17(8-11)26-7-6-25-16/h2-5,8-10H,6-7H2,1H3,(H,21,22,23). The Morgan fingerprint density at radius 1 is 1.19 bits per heavy atom. The Kier molecular flexibility index (Phi) is 4.64. The number of fused-ring (bicyclic) bond motifs is 1. The van der Waals surface area contributed by atoms with Crippen molar-refractivity contribution in [1.82, 2.24) is 4.98 Å². The SMILES string of the molecule is COc1ccc(F)cc1C(=O)Nc1nc(-c2ccc3c(c2)OCCO3)cs1. The van der Waals surface area contributed by atoms with E-state index in [0.717, 1.165) is 11.6 Å². The zero-order valence-corrected chi connectivity index (χ0v) is 15.1. The second-order valence-electron chi connectivity index (χ2n) is 5.70. The van der Waals surface area contributed by atoms with Crippen LogP contribution >= 0.6 is 11.3 Å². The van der Waals surface area contributed by atoms with Crippen LogP contribution in [0.25, 0.3) is 11.3 Å². The summed E-state index contributed by atoms with van der Waals surface area (Å²) in [5, 5.41) is 4.90. The lowest BCUT2D eigenvalue weighted by Crippen LogP contribution is -2.15. The van der Waals surface area contributed by atoms with Gasteiger partial charge in [-0.3, -0.25) is 10.1 Å². The summed E-state index contributed by atoms with van der Waals surface area (Å²) in [6.45, 7) is 1.03. The number of carbonyl (C=O) groups is 1. The number of nitrogens with zero attached hydrogens (tertiary/aromatic N) is 1. The van der Waals surface area contributed by atoms with Crippen LogP contribution in [0.15, 0.2) is 41.8 Å². The van der Waals surface area contributed by atoms with Gasteiger partial charge < -0.3 is 14.2 Å². The molecule has 0 saturated heterocycles. The van der Waals surface area contributed by atoms with Crippen LogP contribution in [0.2, 0.25) is 0 Å². The number of halogens is 1. The minimum absolute atomic E-state index is 0.105. The van der Waals surface area contributed by atoms with Gasteiger partial charge in [-0.1, -0.05) is 0 Å². The maximum Gasteiger partial charge on any atom is 0.261 e. The molecule has 1 aromatic heterocycles. The molecule has 2 heterocycles. The molecule has 0 atom stereocenters. The number of hydrogen-bond acceptors (Lipinski definition) is 6. The highest BCUT2D eigenvalue weighted by Crippen LogP contribution is 2.35. The highest BCUT2D eigenvalue weighted by atomic mass is 32.1. The summed E-state index contributed by atoms with van der Waals surface area (Å²) in [6, 6.07) is 9.34. The van der Waals surface area contributed by atoms with Crippen LogP contribution in [0.3, 0.4) is 0 Å². The fraction of sp³-hybridized carbons (Fsp3) is 0.158. The molecule has 8 heteroatoms. The van der Waals surface area contributed by atoms with Gasteiger partial charge in [-0.15, -0.1) is 11.3 Å². The average Bonchev–Trinajstić information content (AvgIpc) is 3.16. The first kappa shape index (κ1) is 17.3. The number of anilines is 1. The Morgan fingerprint density at radius 3 is 2.81 bits per heavy atom. The molecule has 0 aliphatic carbocycles. The number of methoxy groups -OCH3 is 1. The third kappa shape index (κ3) is 3.56. The first-order valence-corrected chi connectivity index (χ1v) is 9.02. The van der Waals surface area contributed by atoms with Crippen LogP contribution in [-0.2, 0) is 0 Å². The number of carbonyl (C=O) groups excluding carboxylic acids is 1. The van der Waals surface area contributed by atoms with E-state index in [9.17, 15) is 9.18 Å². The largest absolute Gasteiger partial charge is 0.496 e. The Labute approximate surface area is 158 Å². The van der Waals surface area contributed by atoms with Crippen molar-refractivity contribution in [2.24, 2.45) is 0 Å². The van der Waals surface area contributed by atoms with Gasteiger partial charge in [0.15, 0.2) is 16.6 Å². The van der Waals surface area contributed by atoms with Crippen molar-refractivity contribution >= 4 is 22.4 Å². The van der Waals surface area contributed by atoms with E-state index < -0.39 is 11.7 Å². The van der Waals surface area contributed by atoms with E-state index >= 15 is 0 Å². The van der Waals surface area contributed by atoms with Crippen LogP contribution in [0.4, 0.5) is 9.52 Å². The van der Waals surface area contributed by atoms with Crippen LogP contribution in [0.1, 0.15) is 10.4 Å². The molecule has 27 heavy (non-hydrogen) atoms. The highest BCUT2D eigenvalue weighted by Gasteiger charge is 2.17. The molecule has 2 aromatic carbocycles. The molecule has 0 radical (unpaired) electrons. The lowest BCUT2D eigenvalue weighted by Gasteiger charge is -2.18. The summed E-state index contributed by atoms with van der Waals surface area (Å²) in [5.74, 6) is 0.651. The van der Waals surface area contributed by atoms with E-state index in [1.807, 2.05) is 23.6 Å². The van der Waals surface area contributed by atoms with Gasteiger partial charge >= 0.3 is 0 Å². The quantitative estimate of drug-likeness (QED) is 0.734. The molecular weight excluding hydrogens is 371 g/mol. The molecule has 0 bridgehead atoms. The van der Waals surface area contributed by atoms with Crippen molar-refractivity contribution in [1.29, 1.82) is 0 Å². The third-order valence-electron chi connectivity index (χ3n) is 3.97. The van der Waals surface area contributed by atoms with E-state index in [-0.39, 0.29) is 11.3 Å². The number of thiazole rings is 1. The smallest absolute Gasteiger partial charge is 0.261 e. The van der Waals surface area contributed by atoms with E-state index in [4.69, 9.17) is 14.2 Å². The van der Waals surface area contributed by atoms with Gasteiger partial charge in [0.1, 0.15) is 24.8 Å². The molecule has 1 aliphatic heterocycles. The van der Waals surface area contributed by atoms with Gasteiger partial charge in [-0.05, 0) is 36.4 Å². The van der Waals surface area contributed by atoms with Gasteiger partial charge in [0.05, 0.1) is 18.4 Å². The summed E-state index contributed by atoms with van der Waals surface area (Å²) in [4.78, 5) is 16.9. The fourth-order valence-electron chi connectivity index (χ4n) is 2.69. The predicted octanol–water partition coefficient (Wildman–Crippen LogP) is 3.98. The van der Waals surface area contributed by atoms with Crippen LogP contribution < -0.4 is 19.5 Å². The number of benzene rings is 2. The monoisotopic (exact) mass is 386 g/mol. The Balaban J connectivity index is 1.55. The van der Waals surface area contributed by atoms with Gasteiger partial charge in [0.25, 0.3) is 5.91 Å². The zero-order chi connectivity index (χ0) is 18.8. The molecule has 0 unspecified atom stereocenters.